The van der Waals surface area contributed by atoms with Gasteiger partial charge in [-0.3, -0.25) is 0 Å². The largest absolute Gasteiger partial charge is 0.250 e. The lowest BCUT2D eigenvalue weighted by molar-refractivity contribution is 1.08. The number of nitrogens with zero attached hydrogens (tertiary/aromatic N) is 4. The minimum Gasteiger partial charge on any atom is -0.250 e. The van der Waals surface area contributed by atoms with Crippen LogP contribution < -0.4 is 0 Å². The molecule has 3 aromatic heterocycles. The van der Waals surface area contributed by atoms with Crippen molar-refractivity contribution in [2.75, 3.05) is 0 Å². The van der Waals surface area contributed by atoms with Crippen LogP contribution in [0.5, 0.6) is 0 Å². The van der Waals surface area contributed by atoms with Gasteiger partial charge in [-0.15, -0.1) is 12.6 Å². The van der Waals surface area contributed by atoms with Crippen molar-refractivity contribution in [1.29, 1.82) is 0 Å². The summed E-state index contributed by atoms with van der Waals surface area (Å²) in [5, 5.41) is 1.76. The van der Waals surface area contributed by atoms with Gasteiger partial charge in [-0.1, -0.05) is 72.4 Å². The van der Waals surface area contributed by atoms with Crippen LogP contribution in [-0.2, 0) is 0 Å². The fourth-order valence-corrected chi connectivity index (χ4v) is 4.29. The topological polar surface area (TPSA) is 51.6 Å². The molecule has 154 valence electrons. The second-order valence-corrected chi connectivity index (χ2v) is 8.50. The third kappa shape index (κ3) is 4.56. The maximum atomic E-state index is 4.85. The molecule has 0 aliphatic rings. The van der Waals surface area contributed by atoms with Crippen molar-refractivity contribution in [2.24, 2.45) is 0 Å². The van der Waals surface area contributed by atoms with Gasteiger partial charge in [0.2, 0.25) is 0 Å². The molecule has 0 atom stereocenters. The highest BCUT2D eigenvalue weighted by Gasteiger charge is 2.13. The Balaban J connectivity index is 1.61. The summed E-state index contributed by atoms with van der Waals surface area (Å²) in [4.78, 5) is 19.8. The molecule has 5 aromatic rings. The van der Waals surface area contributed by atoms with E-state index in [0.29, 0.717) is 5.82 Å². The fourth-order valence-electron chi connectivity index (χ4n) is 3.25. The van der Waals surface area contributed by atoms with Crippen LogP contribution in [0, 0.1) is 0 Å². The molecular weight excluding hydrogens is 432 g/mol. The molecule has 0 radical (unpaired) electrons. The maximum absolute atomic E-state index is 4.85. The van der Waals surface area contributed by atoms with Crippen LogP contribution in [-0.4, -0.2) is 19.9 Å². The molecule has 0 fully saturated rings. The molecule has 3 heterocycles. The van der Waals surface area contributed by atoms with Gasteiger partial charge < -0.3 is 0 Å². The molecule has 2 aromatic carbocycles. The standard InChI is InChI=1S/C26H18N4S2/c31-23-13-5-4-11-19(23)21-17-22(30-26(29-21)18-9-2-1-3-10-18)20-12-8-15-25(28-20)32-24-14-6-7-16-27-24/h1-17,31H. The number of hydrogen-bond acceptors (Lipinski definition) is 6. The Morgan fingerprint density at radius 1 is 0.594 bits per heavy atom. The Hall–Kier alpha value is -3.48. The van der Waals surface area contributed by atoms with Crippen LogP contribution in [0.1, 0.15) is 0 Å². The Morgan fingerprint density at radius 2 is 1.34 bits per heavy atom. The SMILES string of the molecule is Sc1ccccc1-c1cc(-c2cccc(Sc3ccccn3)n2)nc(-c2ccccc2)n1. The lowest BCUT2D eigenvalue weighted by Crippen LogP contribution is -1.97. The van der Waals surface area contributed by atoms with E-state index in [9.17, 15) is 0 Å². The van der Waals surface area contributed by atoms with Crippen LogP contribution in [0.4, 0.5) is 0 Å². The van der Waals surface area contributed by atoms with Gasteiger partial charge in [-0.05, 0) is 36.4 Å². The number of hydrogen-bond donors (Lipinski definition) is 1. The van der Waals surface area contributed by atoms with Crippen LogP contribution >= 0.6 is 24.4 Å². The first kappa shape index (κ1) is 20.4. The second kappa shape index (κ2) is 9.34. The zero-order chi connectivity index (χ0) is 21.8. The van der Waals surface area contributed by atoms with Gasteiger partial charge in [0.25, 0.3) is 0 Å². The van der Waals surface area contributed by atoms with Gasteiger partial charge in [0.05, 0.1) is 17.1 Å². The van der Waals surface area contributed by atoms with E-state index in [-0.39, 0.29) is 0 Å². The summed E-state index contributed by atoms with van der Waals surface area (Å²) in [5.41, 5.74) is 4.25. The molecule has 0 N–H and O–H groups in total. The third-order valence-corrected chi connectivity index (χ3v) is 6.05. The Bertz CT molecular complexity index is 1360. The van der Waals surface area contributed by atoms with Crippen molar-refractivity contribution in [2.45, 2.75) is 14.9 Å². The van der Waals surface area contributed by atoms with E-state index < -0.39 is 0 Å². The number of rotatable bonds is 5. The zero-order valence-electron chi connectivity index (χ0n) is 17.0. The summed E-state index contributed by atoms with van der Waals surface area (Å²) in [7, 11) is 0. The van der Waals surface area contributed by atoms with Gasteiger partial charge >= 0.3 is 0 Å². The molecule has 0 saturated heterocycles. The molecule has 0 saturated carbocycles. The van der Waals surface area contributed by atoms with E-state index in [1.165, 1.54) is 11.8 Å². The molecule has 0 aliphatic carbocycles. The van der Waals surface area contributed by atoms with E-state index in [0.717, 1.165) is 43.2 Å². The molecule has 0 amide bonds. The molecule has 4 nitrogen and oxygen atoms in total. The molecule has 5 rings (SSSR count). The molecule has 0 aliphatic heterocycles. The van der Waals surface area contributed by atoms with Gasteiger partial charge in [-0.25, -0.2) is 19.9 Å². The number of thiol groups is 1. The summed E-state index contributed by atoms with van der Waals surface area (Å²) in [6.45, 7) is 0. The first-order chi connectivity index (χ1) is 15.8. The van der Waals surface area contributed by atoms with Crippen molar-refractivity contribution in [3.63, 3.8) is 0 Å². The van der Waals surface area contributed by atoms with E-state index in [2.05, 4.69) is 17.6 Å². The molecule has 32 heavy (non-hydrogen) atoms. The quantitative estimate of drug-likeness (QED) is 0.302. The van der Waals surface area contributed by atoms with Crippen LogP contribution in [0.15, 0.2) is 118 Å². The predicted octanol–water partition coefficient (Wildman–Crippen LogP) is 6.71. The number of pyridine rings is 2. The third-order valence-electron chi connectivity index (χ3n) is 4.77. The zero-order valence-corrected chi connectivity index (χ0v) is 18.7. The molecule has 6 heteroatoms. The minimum atomic E-state index is 0.652. The van der Waals surface area contributed by atoms with E-state index in [1.807, 2.05) is 97.1 Å². The summed E-state index contributed by atoms with van der Waals surface area (Å²) >= 11 is 6.16. The van der Waals surface area contributed by atoms with Gasteiger partial charge in [0, 0.05) is 22.2 Å². The normalized spacial score (nSPS) is 10.8. The van der Waals surface area contributed by atoms with Crippen LogP contribution in [0.2, 0.25) is 0 Å². The lowest BCUT2D eigenvalue weighted by Gasteiger charge is -2.10. The van der Waals surface area contributed by atoms with Gasteiger partial charge in [-0.2, -0.15) is 0 Å². The molecular formula is C26H18N4S2. The van der Waals surface area contributed by atoms with E-state index in [1.54, 1.807) is 6.20 Å². The minimum absolute atomic E-state index is 0.652. The Kier molecular flexibility index (Phi) is 5.96. The second-order valence-electron chi connectivity index (χ2n) is 6.98. The van der Waals surface area contributed by atoms with Gasteiger partial charge in [0.15, 0.2) is 5.82 Å². The average Bonchev–Trinajstić information content (AvgIpc) is 2.85. The van der Waals surface area contributed by atoms with Crippen molar-refractivity contribution < 1.29 is 0 Å². The highest BCUT2D eigenvalue weighted by atomic mass is 32.2. The Labute approximate surface area is 196 Å². The van der Waals surface area contributed by atoms with Crippen molar-refractivity contribution in [3.05, 3.63) is 103 Å². The Morgan fingerprint density at radius 3 is 2.16 bits per heavy atom. The first-order valence-corrected chi connectivity index (χ1v) is 11.3. The van der Waals surface area contributed by atoms with Crippen molar-refractivity contribution in [1.82, 2.24) is 19.9 Å². The number of benzene rings is 2. The molecule has 0 spiro atoms. The monoisotopic (exact) mass is 450 g/mol. The predicted molar refractivity (Wildman–Crippen MR) is 132 cm³/mol. The first-order valence-electron chi connectivity index (χ1n) is 10.1. The molecule has 0 bridgehead atoms. The highest BCUT2D eigenvalue weighted by molar-refractivity contribution is 7.99. The van der Waals surface area contributed by atoms with Gasteiger partial charge in [0.1, 0.15) is 10.1 Å². The summed E-state index contributed by atoms with van der Waals surface area (Å²) in [5.74, 6) is 0.652. The summed E-state index contributed by atoms with van der Waals surface area (Å²) in [6, 6.07) is 31.7. The molecule has 0 unspecified atom stereocenters. The summed E-state index contributed by atoms with van der Waals surface area (Å²) in [6.07, 6.45) is 1.78. The van der Waals surface area contributed by atoms with E-state index in [4.69, 9.17) is 15.0 Å². The van der Waals surface area contributed by atoms with E-state index >= 15 is 0 Å². The smallest absolute Gasteiger partial charge is 0.160 e. The lowest BCUT2D eigenvalue weighted by atomic mass is 10.1. The van der Waals surface area contributed by atoms with Crippen molar-refractivity contribution in [3.8, 4) is 34.0 Å². The average molecular weight is 451 g/mol. The fraction of sp³-hybridized carbons (Fsp3) is 0. The summed E-state index contributed by atoms with van der Waals surface area (Å²) < 4.78 is 0. The number of aromatic nitrogens is 4. The highest BCUT2D eigenvalue weighted by Crippen LogP contribution is 2.31. The van der Waals surface area contributed by atoms with Crippen molar-refractivity contribution >= 4 is 24.4 Å². The van der Waals surface area contributed by atoms with Crippen LogP contribution in [0.25, 0.3) is 34.0 Å². The van der Waals surface area contributed by atoms with Crippen LogP contribution in [0.3, 0.4) is 0 Å². The maximum Gasteiger partial charge on any atom is 0.160 e.